The molecule has 0 amide bonds. The molecule has 3 heteroatoms. The zero-order chi connectivity index (χ0) is 15.2. The van der Waals surface area contributed by atoms with E-state index >= 15 is 0 Å². The van der Waals surface area contributed by atoms with Gasteiger partial charge in [-0.2, -0.15) is 0 Å². The van der Waals surface area contributed by atoms with Gasteiger partial charge in [0.15, 0.2) is 0 Å². The molecule has 1 saturated heterocycles. The molecule has 1 heterocycles. The number of rotatable bonds is 8. The normalized spacial score (nSPS) is 22.2. The molecule has 1 atom stereocenters. The molecule has 3 nitrogen and oxygen atoms in total. The quantitative estimate of drug-likeness (QED) is 0.678. The van der Waals surface area contributed by atoms with Crippen molar-refractivity contribution in [1.82, 2.24) is 4.90 Å². The lowest BCUT2D eigenvalue weighted by atomic mass is 9.98. The van der Waals surface area contributed by atoms with Gasteiger partial charge in [0.2, 0.25) is 0 Å². The van der Waals surface area contributed by atoms with Gasteiger partial charge in [0.1, 0.15) is 0 Å². The lowest BCUT2D eigenvalue weighted by Crippen LogP contribution is -2.37. The van der Waals surface area contributed by atoms with Crippen molar-refractivity contribution in [1.29, 1.82) is 0 Å². The molecule has 0 bridgehead atoms. The van der Waals surface area contributed by atoms with Crippen LogP contribution in [-0.2, 0) is 9.47 Å². The first-order valence-corrected chi connectivity index (χ1v) is 8.20. The first kappa shape index (κ1) is 17.9. The Balaban J connectivity index is 2.23. The Morgan fingerprint density at radius 1 is 1.10 bits per heavy atom. The van der Waals surface area contributed by atoms with Crippen molar-refractivity contribution in [3.63, 3.8) is 0 Å². The van der Waals surface area contributed by atoms with Crippen molar-refractivity contribution in [2.75, 3.05) is 33.4 Å². The third kappa shape index (κ3) is 7.05. The Hall–Kier alpha value is -0.120. The summed E-state index contributed by atoms with van der Waals surface area (Å²) in [5.74, 6) is 0.695. The summed E-state index contributed by atoms with van der Waals surface area (Å²) in [5, 5.41) is 0. The van der Waals surface area contributed by atoms with Crippen molar-refractivity contribution in [2.45, 2.75) is 71.5 Å². The molecule has 1 aliphatic heterocycles. The van der Waals surface area contributed by atoms with E-state index in [1.165, 1.54) is 25.9 Å². The summed E-state index contributed by atoms with van der Waals surface area (Å²) in [6.45, 7) is 14.9. The largest absolute Gasteiger partial charge is 0.375 e. The molecule has 0 aromatic heterocycles. The average Bonchev–Trinajstić information content (AvgIpc) is 2.36. The zero-order valence-corrected chi connectivity index (χ0v) is 14.5. The summed E-state index contributed by atoms with van der Waals surface area (Å²) in [6.07, 6.45) is 4.61. The Morgan fingerprint density at radius 2 is 1.80 bits per heavy atom. The maximum absolute atomic E-state index is 6.16. The van der Waals surface area contributed by atoms with Crippen molar-refractivity contribution in [2.24, 2.45) is 5.92 Å². The lowest BCUT2D eigenvalue weighted by molar-refractivity contribution is -0.0844. The number of hydrogen-bond donors (Lipinski definition) is 0. The summed E-state index contributed by atoms with van der Waals surface area (Å²) in [4.78, 5) is 2.41. The van der Waals surface area contributed by atoms with E-state index in [9.17, 15) is 0 Å². The van der Waals surface area contributed by atoms with Crippen LogP contribution in [0.5, 0.6) is 0 Å². The Morgan fingerprint density at radius 3 is 2.40 bits per heavy atom. The molecule has 0 aromatic rings. The van der Waals surface area contributed by atoms with Crippen molar-refractivity contribution in [3.8, 4) is 0 Å². The SMILES string of the molecule is CCC(C)(C)OCCC(C)(C)OCC1CCCN(C)C1. The van der Waals surface area contributed by atoms with E-state index in [4.69, 9.17) is 9.47 Å². The van der Waals surface area contributed by atoms with E-state index in [0.29, 0.717) is 5.92 Å². The van der Waals surface area contributed by atoms with Crippen molar-refractivity contribution >= 4 is 0 Å². The first-order chi connectivity index (χ1) is 9.24. The third-order valence-corrected chi connectivity index (χ3v) is 4.48. The lowest BCUT2D eigenvalue weighted by Gasteiger charge is -2.33. The molecule has 0 spiro atoms. The number of ether oxygens (including phenoxy) is 2. The fourth-order valence-corrected chi connectivity index (χ4v) is 2.50. The minimum absolute atomic E-state index is 0.0117. The molecular weight excluding hydrogens is 250 g/mol. The van der Waals surface area contributed by atoms with Crippen LogP contribution in [0.15, 0.2) is 0 Å². The molecule has 1 rings (SSSR count). The Labute approximate surface area is 126 Å². The third-order valence-electron chi connectivity index (χ3n) is 4.48. The van der Waals surface area contributed by atoms with Gasteiger partial charge in [-0.25, -0.2) is 0 Å². The van der Waals surface area contributed by atoms with Gasteiger partial charge in [-0.1, -0.05) is 6.92 Å². The molecule has 0 aromatic carbocycles. The summed E-state index contributed by atoms with van der Waals surface area (Å²) < 4.78 is 12.1. The fourth-order valence-electron chi connectivity index (χ4n) is 2.50. The molecule has 0 N–H and O–H groups in total. The number of nitrogens with zero attached hydrogens (tertiary/aromatic N) is 1. The van der Waals surface area contributed by atoms with Crippen LogP contribution in [0.2, 0.25) is 0 Å². The standard InChI is InChI=1S/C17H35NO2/c1-7-16(2,3)19-12-10-17(4,5)20-14-15-9-8-11-18(6)13-15/h15H,7-14H2,1-6H3. The average molecular weight is 285 g/mol. The smallest absolute Gasteiger partial charge is 0.0648 e. The molecule has 0 radical (unpaired) electrons. The molecule has 1 fully saturated rings. The van der Waals surface area contributed by atoms with Gasteiger partial charge in [-0.05, 0) is 72.9 Å². The predicted octanol–water partition coefficient (Wildman–Crippen LogP) is 3.72. The molecule has 0 saturated carbocycles. The van der Waals surface area contributed by atoms with Crippen LogP contribution in [0.1, 0.15) is 60.3 Å². The Kier molecular flexibility index (Phi) is 6.96. The molecule has 120 valence electrons. The summed E-state index contributed by atoms with van der Waals surface area (Å²) in [5.41, 5.74) is -0.0952. The van der Waals surface area contributed by atoms with Crippen LogP contribution in [0.4, 0.5) is 0 Å². The molecule has 0 aliphatic carbocycles. The predicted molar refractivity (Wildman–Crippen MR) is 85.2 cm³/mol. The van der Waals surface area contributed by atoms with E-state index in [-0.39, 0.29) is 11.2 Å². The van der Waals surface area contributed by atoms with Crippen molar-refractivity contribution in [3.05, 3.63) is 0 Å². The highest BCUT2D eigenvalue weighted by atomic mass is 16.5. The monoisotopic (exact) mass is 285 g/mol. The van der Waals surface area contributed by atoms with Crippen LogP contribution in [0.25, 0.3) is 0 Å². The van der Waals surface area contributed by atoms with Crippen LogP contribution in [0, 0.1) is 5.92 Å². The van der Waals surface area contributed by atoms with Gasteiger partial charge in [0.25, 0.3) is 0 Å². The fraction of sp³-hybridized carbons (Fsp3) is 1.00. The highest BCUT2D eigenvalue weighted by Crippen LogP contribution is 2.22. The number of likely N-dealkylation sites (tertiary alicyclic amines) is 1. The molecule has 1 unspecified atom stereocenters. The summed E-state index contributed by atoms with van der Waals surface area (Å²) in [7, 11) is 2.21. The first-order valence-electron chi connectivity index (χ1n) is 8.20. The maximum atomic E-state index is 6.16. The second kappa shape index (κ2) is 7.77. The van der Waals surface area contributed by atoms with Crippen LogP contribution in [0.3, 0.4) is 0 Å². The molecule has 20 heavy (non-hydrogen) atoms. The Bertz CT molecular complexity index is 276. The van der Waals surface area contributed by atoms with E-state index in [0.717, 1.165) is 26.1 Å². The van der Waals surface area contributed by atoms with Gasteiger partial charge >= 0.3 is 0 Å². The zero-order valence-electron chi connectivity index (χ0n) is 14.5. The topological polar surface area (TPSA) is 21.7 Å². The van der Waals surface area contributed by atoms with Crippen LogP contribution >= 0.6 is 0 Å². The van der Waals surface area contributed by atoms with E-state index in [1.807, 2.05) is 0 Å². The maximum Gasteiger partial charge on any atom is 0.0648 e. The highest BCUT2D eigenvalue weighted by molar-refractivity contribution is 4.74. The number of piperidine rings is 1. The highest BCUT2D eigenvalue weighted by Gasteiger charge is 2.24. The van der Waals surface area contributed by atoms with Crippen LogP contribution < -0.4 is 0 Å². The molecular formula is C17H35NO2. The second-order valence-corrected chi connectivity index (χ2v) is 7.55. The van der Waals surface area contributed by atoms with Crippen LogP contribution in [-0.4, -0.2) is 49.5 Å². The summed E-state index contributed by atoms with van der Waals surface area (Å²) >= 11 is 0. The minimum atomic E-state index is -0.0835. The van der Waals surface area contributed by atoms with Gasteiger partial charge in [-0.3, -0.25) is 0 Å². The number of hydrogen-bond acceptors (Lipinski definition) is 3. The van der Waals surface area contributed by atoms with Gasteiger partial charge < -0.3 is 14.4 Å². The molecule has 1 aliphatic rings. The summed E-state index contributed by atoms with van der Waals surface area (Å²) in [6, 6.07) is 0. The van der Waals surface area contributed by atoms with E-state index in [2.05, 4.69) is 46.6 Å². The van der Waals surface area contributed by atoms with Gasteiger partial charge in [0, 0.05) is 6.54 Å². The van der Waals surface area contributed by atoms with Gasteiger partial charge in [0.05, 0.1) is 24.4 Å². The van der Waals surface area contributed by atoms with Crippen molar-refractivity contribution < 1.29 is 9.47 Å². The van der Waals surface area contributed by atoms with E-state index < -0.39 is 0 Å². The minimum Gasteiger partial charge on any atom is -0.375 e. The van der Waals surface area contributed by atoms with E-state index in [1.54, 1.807) is 0 Å². The van der Waals surface area contributed by atoms with Gasteiger partial charge in [-0.15, -0.1) is 0 Å². The second-order valence-electron chi connectivity index (χ2n) is 7.55.